The fourth-order valence-electron chi connectivity index (χ4n) is 0. The van der Waals surface area contributed by atoms with Gasteiger partial charge in [0.1, 0.15) is 0 Å². The minimum atomic E-state index is -0.0417. The van der Waals surface area contributed by atoms with Crippen LogP contribution in [0.25, 0.3) is 0 Å². The topological polar surface area (TPSA) is 9.23 Å². The first kappa shape index (κ1) is 6.48. The average molecular weight is 128 g/mol. The van der Waals surface area contributed by atoms with E-state index in [0.29, 0.717) is 0 Å². The number of hydrogen-bond donors (Lipinski definition) is 0. The van der Waals surface area contributed by atoms with Gasteiger partial charge in [-0.15, -0.1) is 0 Å². The van der Waals surface area contributed by atoms with E-state index in [2.05, 4.69) is 16.3 Å². The summed E-state index contributed by atoms with van der Waals surface area (Å²) in [4.78, 5) is 0. The molecule has 0 fully saturated rings. The van der Waals surface area contributed by atoms with Gasteiger partial charge in [-0.25, -0.2) is 0 Å². The van der Waals surface area contributed by atoms with Crippen molar-refractivity contribution in [3.8, 4) is 0 Å². The summed E-state index contributed by atoms with van der Waals surface area (Å²) in [5.74, 6) is 0. The quantitative estimate of drug-likeness (QED) is 0.446. The normalized spacial score (nSPS) is 12.0. The van der Waals surface area contributed by atoms with E-state index in [1.807, 2.05) is 20.8 Å². The van der Waals surface area contributed by atoms with Gasteiger partial charge < -0.3 is 0 Å². The molecule has 0 aliphatic heterocycles. The monoisotopic (exact) mass is 128 g/mol. The van der Waals surface area contributed by atoms with Gasteiger partial charge in [-0.1, -0.05) is 0 Å². The van der Waals surface area contributed by atoms with Gasteiger partial charge in [0.25, 0.3) is 0 Å². The van der Waals surface area contributed by atoms with Crippen molar-refractivity contribution in [3.63, 3.8) is 0 Å². The molecule has 0 radical (unpaired) electrons. The Kier molecular flexibility index (Phi) is 2.12. The summed E-state index contributed by atoms with van der Waals surface area (Å²) in [7, 11) is 0. The van der Waals surface area contributed by atoms with Crippen LogP contribution in [0.1, 0.15) is 20.8 Å². The zero-order chi connectivity index (χ0) is 5.21. The van der Waals surface area contributed by atoms with Gasteiger partial charge in [0.05, 0.1) is 0 Å². The van der Waals surface area contributed by atoms with Gasteiger partial charge in [-0.2, -0.15) is 0 Å². The Hall–Kier alpha value is 0.479. The zero-order valence-corrected chi connectivity index (χ0v) is 5.47. The molecule has 0 N–H and O–H groups in total. The van der Waals surface area contributed by atoms with E-state index in [1.165, 1.54) is 0 Å². The van der Waals surface area contributed by atoms with Crippen LogP contribution in [0.3, 0.4) is 0 Å². The van der Waals surface area contributed by atoms with Crippen molar-refractivity contribution in [2.75, 3.05) is 0 Å². The van der Waals surface area contributed by atoms with Gasteiger partial charge >= 0.3 is 46.5 Å². The molecule has 0 saturated carbocycles. The second kappa shape index (κ2) is 1.97. The van der Waals surface area contributed by atoms with E-state index in [1.54, 1.807) is 0 Å². The Morgan fingerprint density at radius 1 is 1.33 bits per heavy atom. The van der Waals surface area contributed by atoms with Crippen LogP contribution in [-0.2, 0) is 20.2 Å². The summed E-state index contributed by atoms with van der Waals surface area (Å²) in [6.45, 7) is 5.92. The Labute approximate surface area is 47.2 Å². The van der Waals surface area contributed by atoms with Crippen LogP contribution in [0.15, 0.2) is 0 Å². The second-order valence-electron chi connectivity index (χ2n) is 2.19. The molecule has 2 heteroatoms. The molecule has 0 amide bonds. The van der Waals surface area contributed by atoms with E-state index in [-0.39, 0.29) is 5.60 Å². The summed E-state index contributed by atoms with van der Waals surface area (Å²) in [5.41, 5.74) is -0.0417. The molecular weight excluding hydrogens is 119 g/mol. The molecule has 0 aromatic rings. The van der Waals surface area contributed by atoms with Gasteiger partial charge in [0, 0.05) is 0 Å². The van der Waals surface area contributed by atoms with Crippen molar-refractivity contribution < 1.29 is 20.2 Å². The summed E-state index contributed by atoms with van der Waals surface area (Å²) >= 11 is 2.87. The molecule has 0 aromatic heterocycles. The van der Waals surface area contributed by atoms with Crippen LogP contribution in [0.2, 0.25) is 0 Å². The maximum absolute atomic E-state index is 4.75. The maximum atomic E-state index is 4.75. The molecule has 0 aliphatic rings. The molecule has 0 heterocycles. The Bertz CT molecular complexity index is 37.3. The molecular formula is C4H9MnO. The van der Waals surface area contributed by atoms with E-state index in [4.69, 9.17) is 3.82 Å². The zero-order valence-electron chi connectivity index (χ0n) is 4.29. The van der Waals surface area contributed by atoms with Crippen molar-refractivity contribution in [2.45, 2.75) is 26.4 Å². The van der Waals surface area contributed by atoms with Gasteiger partial charge in [-0.3, -0.25) is 0 Å². The van der Waals surface area contributed by atoms with Crippen LogP contribution in [0.4, 0.5) is 0 Å². The third-order valence-electron chi connectivity index (χ3n) is 0.231. The van der Waals surface area contributed by atoms with Gasteiger partial charge in [0.15, 0.2) is 0 Å². The second-order valence-corrected chi connectivity index (χ2v) is 2.43. The molecule has 0 atom stereocenters. The molecule has 0 saturated heterocycles. The first-order valence-corrected chi connectivity index (χ1v) is 2.34. The van der Waals surface area contributed by atoms with Crippen molar-refractivity contribution in [1.29, 1.82) is 0 Å². The Morgan fingerprint density at radius 3 is 1.50 bits per heavy atom. The molecule has 0 rings (SSSR count). The van der Waals surface area contributed by atoms with Crippen LogP contribution in [0.5, 0.6) is 0 Å². The third-order valence-corrected chi connectivity index (χ3v) is 0.954. The minimum absolute atomic E-state index is 0.0417. The molecule has 0 aromatic carbocycles. The van der Waals surface area contributed by atoms with Crippen molar-refractivity contribution in [3.05, 3.63) is 0 Å². The molecule has 0 aliphatic carbocycles. The Morgan fingerprint density at radius 2 is 1.50 bits per heavy atom. The van der Waals surface area contributed by atoms with Crippen LogP contribution >= 0.6 is 0 Å². The van der Waals surface area contributed by atoms with E-state index in [9.17, 15) is 0 Å². The molecule has 1 nitrogen and oxygen atoms in total. The van der Waals surface area contributed by atoms with E-state index >= 15 is 0 Å². The summed E-state index contributed by atoms with van der Waals surface area (Å²) in [5, 5.41) is 0. The van der Waals surface area contributed by atoms with E-state index in [0.717, 1.165) is 0 Å². The number of hydrogen-bond acceptors (Lipinski definition) is 1. The van der Waals surface area contributed by atoms with Crippen LogP contribution < -0.4 is 0 Å². The molecule has 6 heavy (non-hydrogen) atoms. The third kappa shape index (κ3) is 4.48. The molecule has 38 valence electrons. The predicted octanol–water partition coefficient (Wildman–Crippen LogP) is 1.26. The SMILES string of the molecule is CC(C)(C)[O][Mn]. The summed E-state index contributed by atoms with van der Waals surface area (Å²) < 4.78 is 4.75. The Balaban J connectivity index is 3.17. The molecule has 0 unspecified atom stereocenters. The number of rotatable bonds is 0. The average Bonchev–Trinajstić information content (AvgIpc) is 1.35. The molecule has 0 bridgehead atoms. The standard InChI is InChI=1S/C4H9O.Mn/c1-4(2,3)5;/h1-3H3;/q-1;+1. The summed E-state index contributed by atoms with van der Waals surface area (Å²) in [6, 6.07) is 0. The van der Waals surface area contributed by atoms with Gasteiger partial charge in [0.2, 0.25) is 0 Å². The van der Waals surface area contributed by atoms with Gasteiger partial charge in [-0.05, 0) is 0 Å². The predicted molar refractivity (Wildman–Crippen MR) is 20.8 cm³/mol. The van der Waals surface area contributed by atoms with Crippen LogP contribution in [0, 0.1) is 0 Å². The molecule has 0 spiro atoms. The first-order chi connectivity index (χ1) is 2.56. The summed E-state index contributed by atoms with van der Waals surface area (Å²) in [6.07, 6.45) is 0. The van der Waals surface area contributed by atoms with Crippen molar-refractivity contribution in [1.82, 2.24) is 0 Å². The van der Waals surface area contributed by atoms with Crippen LogP contribution in [-0.4, -0.2) is 5.60 Å². The fourth-order valence-corrected chi connectivity index (χ4v) is 0. The first-order valence-electron chi connectivity index (χ1n) is 1.86. The van der Waals surface area contributed by atoms with Crippen molar-refractivity contribution >= 4 is 0 Å². The fraction of sp³-hybridized carbons (Fsp3) is 1.00. The van der Waals surface area contributed by atoms with Crippen molar-refractivity contribution in [2.24, 2.45) is 0 Å². The van der Waals surface area contributed by atoms with E-state index < -0.39 is 0 Å².